The van der Waals surface area contributed by atoms with E-state index in [-0.39, 0.29) is 0 Å². The van der Waals surface area contributed by atoms with Crippen molar-refractivity contribution in [2.75, 3.05) is 12.2 Å². The van der Waals surface area contributed by atoms with Gasteiger partial charge in [-0.3, -0.25) is 10.0 Å². The molecule has 1 N–H and O–H groups in total. The van der Waals surface area contributed by atoms with Crippen molar-refractivity contribution in [1.29, 1.82) is 0 Å². The zero-order valence-corrected chi connectivity index (χ0v) is 23.1. The van der Waals surface area contributed by atoms with Crippen molar-refractivity contribution in [3.8, 4) is 29.0 Å². The molecule has 0 saturated heterocycles. The number of methoxy groups -OCH3 is 1. The molecule has 2 aromatic heterocycles. The third-order valence-corrected chi connectivity index (χ3v) is 7.74. The lowest BCUT2D eigenvalue weighted by Crippen LogP contribution is -2.26. The number of hydrogen-bond acceptors (Lipinski definition) is 8. The predicted octanol–water partition coefficient (Wildman–Crippen LogP) is 5.56. The molecule has 0 radical (unpaired) electrons. The van der Waals surface area contributed by atoms with E-state index in [0.29, 0.717) is 45.7 Å². The van der Waals surface area contributed by atoms with E-state index in [1.807, 2.05) is 30.3 Å². The quantitative estimate of drug-likeness (QED) is 0.157. The summed E-state index contributed by atoms with van der Waals surface area (Å²) in [5.41, 5.74) is 4.15. The standard InChI is InChI=1S/C31H26N6O3S/c1-40-27-15-8-22(9-16-27)19-36-34-30(33-35-36)24-11-13-25(14-12-24)31(38)37(39)26-7-2-4-21(18-26)10-17-29-32-28(20-41-29)23-5-3-6-23/h2,4,7-9,11-16,18,20,23,39H,3,5-6,19H2,1H3. The average Bonchev–Trinajstić information content (AvgIpc) is 3.65. The first kappa shape index (κ1) is 26.4. The van der Waals surface area contributed by atoms with E-state index >= 15 is 0 Å². The summed E-state index contributed by atoms with van der Waals surface area (Å²) in [5, 5.41) is 26.9. The molecule has 204 valence electrons. The van der Waals surface area contributed by atoms with Crippen LogP contribution in [0.15, 0.2) is 78.2 Å². The molecule has 0 aliphatic heterocycles. The molecule has 1 amide bonds. The maximum absolute atomic E-state index is 13.0. The van der Waals surface area contributed by atoms with Crippen LogP contribution in [0.1, 0.15) is 57.4 Å². The van der Waals surface area contributed by atoms with Gasteiger partial charge < -0.3 is 4.74 Å². The fourth-order valence-corrected chi connectivity index (χ4v) is 5.14. The Morgan fingerprint density at radius 2 is 1.90 bits per heavy atom. The predicted molar refractivity (Wildman–Crippen MR) is 155 cm³/mol. The fraction of sp³-hybridized carbons (Fsp3) is 0.194. The van der Waals surface area contributed by atoms with Gasteiger partial charge in [0.05, 0.1) is 25.0 Å². The number of tetrazole rings is 1. The molecule has 5 aromatic rings. The van der Waals surface area contributed by atoms with E-state index in [4.69, 9.17) is 4.74 Å². The number of carbonyl (C=O) groups excluding carboxylic acids is 1. The molecule has 1 saturated carbocycles. The summed E-state index contributed by atoms with van der Waals surface area (Å²) in [6.07, 6.45) is 3.67. The maximum atomic E-state index is 13.0. The van der Waals surface area contributed by atoms with Gasteiger partial charge in [0.25, 0.3) is 5.91 Å². The largest absolute Gasteiger partial charge is 0.497 e. The number of ether oxygens (including phenoxy) is 1. The summed E-state index contributed by atoms with van der Waals surface area (Å²) < 4.78 is 5.19. The molecule has 3 aromatic carbocycles. The first-order valence-electron chi connectivity index (χ1n) is 13.2. The second-order valence-corrected chi connectivity index (χ2v) is 10.5. The van der Waals surface area contributed by atoms with Gasteiger partial charge in [-0.15, -0.1) is 21.5 Å². The third kappa shape index (κ3) is 6.01. The van der Waals surface area contributed by atoms with E-state index in [2.05, 4.69) is 37.6 Å². The summed E-state index contributed by atoms with van der Waals surface area (Å²) in [6.45, 7) is 0.460. The molecule has 9 nitrogen and oxygen atoms in total. The molecule has 41 heavy (non-hydrogen) atoms. The first-order chi connectivity index (χ1) is 20.1. The van der Waals surface area contributed by atoms with Crippen LogP contribution in [0, 0.1) is 11.8 Å². The molecule has 2 heterocycles. The van der Waals surface area contributed by atoms with Crippen molar-refractivity contribution >= 4 is 22.9 Å². The Labute approximate surface area is 241 Å². The van der Waals surface area contributed by atoms with Crippen LogP contribution < -0.4 is 9.80 Å². The van der Waals surface area contributed by atoms with E-state index in [9.17, 15) is 10.0 Å². The summed E-state index contributed by atoms with van der Waals surface area (Å²) >= 11 is 1.54. The van der Waals surface area contributed by atoms with Gasteiger partial charge in [-0.25, -0.2) is 4.98 Å². The van der Waals surface area contributed by atoms with E-state index in [1.165, 1.54) is 24.1 Å². The summed E-state index contributed by atoms with van der Waals surface area (Å²) in [5.74, 6) is 7.41. The molecule has 6 rings (SSSR count). The van der Waals surface area contributed by atoms with Gasteiger partial charge in [-0.2, -0.15) is 9.86 Å². The monoisotopic (exact) mass is 562 g/mol. The van der Waals surface area contributed by atoms with Gasteiger partial charge >= 0.3 is 0 Å². The van der Waals surface area contributed by atoms with Crippen molar-refractivity contribution in [3.05, 3.63) is 106 Å². The zero-order chi connectivity index (χ0) is 28.2. The molecule has 0 spiro atoms. The van der Waals surface area contributed by atoms with Gasteiger partial charge in [0.15, 0.2) is 5.01 Å². The lowest BCUT2D eigenvalue weighted by Gasteiger charge is -2.22. The fourth-order valence-electron chi connectivity index (χ4n) is 4.40. The maximum Gasteiger partial charge on any atom is 0.281 e. The van der Waals surface area contributed by atoms with Crippen LogP contribution in [0.3, 0.4) is 0 Å². The molecule has 0 atom stereocenters. The summed E-state index contributed by atoms with van der Waals surface area (Å²) in [7, 11) is 1.63. The number of amides is 1. The number of nitrogens with zero attached hydrogens (tertiary/aromatic N) is 6. The Hall–Kier alpha value is -4.85. The average molecular weight is 563 g/mol. The number of thiazole rings is 1. The smallest absolute Gasteiger partial charge is 0.281 e. The van der Waals surface area contributed by atoms with Crippen molar-refractivity contribution in [2.45, 2.75) is 31.7 Å². The normalized spacial score (nSPS) is 12.7. The Balaban J connectivity index is 1.10. The van der Waals surface area contributed by atoms with Gasteiger partial charge in [0.2, 0.25) is 5.82 Å². The van der Waals surface area contributed by atoms with Crippen LogP contribution >= 0.6 is 11.3 Å². The highest BCUT2D eigenvalue weighted by molar-refractivity contribution is 7.10. The minimum atomic E-state index is -0.567. The molecule has 0 unspecified atom stereocenters. The Morgan fingerprint density at radius 1 is 1.10 bits per heavy atom. The molecule has 0 bridgehead atoms. The number of benzene rings is 3. The lowest BCUT2D eigenvalue weighted by molar-refractivity contribution is 0.0855. The number of rotatable bonds is 7. The lowest BCUT2D eigenvalue weighted by atomic mass is 9.83. The van der Waals surface area contributed by atoms with Gasteiger partial charge in [-0.05, 0) is 72.0 Å². The second kappa shape index (κ2) is 11.7. The molecular weight excluding hydrogens is 536 g/mol. The molecule has 10 heteroatoms. The molecule has 1 fully saturated rings. The minimum absolute atomic E-state index is 0.310. The SMILES string of the molecule is COc1ccc(Cn2nnc(-c3ccc(C(=O)N(O)c4cccc(C#Cc5nc(C6CCC6)cs5)c4)cc3)n2)cc1. The van der Waals surface area contributed by atoms with E-state index in [1.54, 1.807) is 60.9 Å². The van der Waals surface area contributed by atoms with Crippen molar-refractivity contribution in [2.24, 2.45) is 0 Å². The summed E-state index contributed by atoms with van der Waals surface area (Å²) in [4.78, 5) is 19.2. The molecule has 1 aliphatic carbocycles. The highest BCUT2D eigenvalue weighted by atomic mass is 32.1. The number of aromatic nitrogens is 5. The topological polar surface area (TPSA) is 106 Å². The highest BCUT2D eigenvalue weighted by Crippen LogP contribution is 2.36. The summed E-state index contributed by atoms with van der Waals surface area (Å²) in [6, 6.07) is 21.2. The zero-order valence-electron chi connectivity index (χ0n) is 22.3. The number of anilines is 1. The number of carbonyl (C=O) groups is 1. The van der Waals surface area contributed by atoms with Crippen molar-refractivity contribution < 1.29 is 14.7 Å². The van der Waals surface area contributed by atoms with Gasteiger partial charge in [0, 0.05) is 28.0 Å². The number of hydrogen-bond donors (Lipinski definition) is 1. The van der Waals surface area contributed by atoms with Crippen LogP contribution in [0.4, 0.5) is 5.69 Å². The van der Waals surface area contributed by atoms with E-state index in [0.717, 1.165) is 22.0 Å². The Morgan fingerprint density at radius 3 is 2.63 bits per heavy atom. The van der Waals surface area contributed by atoms with Crippen LogP contribution in [-0.4, -0.2) is 43.4 Å². The van der Waals surface area contributed by atoms with Crippen LogP contribution in [-0.2, 0) is 6.54 Å². The second-order valence-electron chi connectivity index (χ2n) is 9.69. The van der Waals surface area contributed by atoms with Crippen LogP contribution in [0.25, 0.3) is 11.4 Å². The van der Waals surface area contributed by atoms with Gasteiger partial charge in [-0.1, -0.05) is 42.7 Å². The van der Waals surface area contributed by atoms with Gasteiger partial charge in [0.1, 0.15) is 5.75 Å². The number of hydroxylamine groups is 1. The van der Waals surface area contributed by atoms with Crippen LogP contribution in [0.2, 0.25) is 0 Å². The first-order valence-corrected chi connectivity index (χ1v) is 14.1. The highest BCUT2D eigenvalue weighted by Gasteiger charge is 2.21. The Kier molecular flexibility index (Phi) is 7.54. The molecule has 1 aliphatic rings. The van der Waals surface area contributed by atoms with Crippen LogP contribution in [0.5, 0.6) is 5.75 Å². The van der Waals surface area contributed by atoms with Crippen molar-refractivity contribution in [1.82, 2.24) is 25.2 Å². The van der Waals surface area contributed by atoms with E-state index < -0.39 is 5.91 Å². The minimum Gasteiger partial charge on any atom is -0.497 e. The Bertz CT molecular complexity index is 1730. The van der Waals surface area contributed by atoms with Crippen molar-refractivity contribution in [3.63, 3.8) is 0 Å². The molecular formula is C31H26N6O3S. The third-order valence-electron chi connectivity index (χ3n) is 6.97.